The lowest BCUT2D eigenvalue weighted by Crippen LogP contribution is -2.27. The molecule has 3 rings (SSSR count). The summed E-state index contributed by atoms with van der Waals surface area (Å²) >= 11 is 0. The van der Waals surface area contributed by atoms with E-state index < -0.39 is 0 Å². The van der Waals surface area contributed by atoms with E-state index >= 15 is 0 Å². The predicted octanol–water partition coefficient (Wildman–Crippen LogP) is 5.34. The lowest BCUT2D eigenvalue weighted by atomic mass is 9.71. The molecule has 0 heterocycles. The van der Waals surface area contributed by atoms with E-state index in [-0.39, 0.29) is 5.41 Å². The molecule has 0 aromatic heterocycles. The first-order valence-corrected chi connectivity index (χ1v) is 7.77. The number of benzene rings is 3. The average Bonchev–Trinajstić information content (AvgIpc) is 2.58. The summed E-state index contributed by atoms with van der Waals surface area (Å²) in [5, 5.41) is 0. The smallest absolute Gasteiger partial charge is 0.0215 e. The molecule has 0 N–H and O–H groups in total. The van der Waals surface area contributed by atoms with Crippen molar-refractivity contribution in [1.82, 2.24) is 0 Å². The molecule has 0 saturated carbocycles. The third kappa shape index (κ3) is 2.82. The zero-order chi connectivity index (χ0) is 15.4. The predicted molar refractivity (Wildman–Crippen MR) is 93.1 cm³/mol. The molecule has 0 aliphatic rings. The van der Waals surface area contributed by atoms with Gasteiger partial charge in [0, 0.05) is 5.41 Å². The number of aryl methyl sites for hydroxylation is 1. The van der Waals surface area contributed by atoms with Gasteiger partial charge in [0.2, 0.25) is 0 Å². The lowest BCUT2D eigenvalue weighted by molar-refractivity contribution is 0.566. The number of hydrogen-bond donors (Lipinski definition) is 0. The van der Waals surface area contributed by atoms with Crippen LogP contribution in [0, 0.1) is 13.0 Å². The van der Waals surface area contributed by atoms with Crippen LogP contribution in [-0.4, -0.2) is 0 Å². The van der Waals surface area contributed by atoms with Crippen LogP contribution in [0.4, 0.5) is 0 Å². The Morgan fingerprint density at radius 3 is 1.86 bits per heavy atom. The van der Waals surface area contributed by atoms with Crippen molar-refractivity contribution in [1.29, 1.82) is 0 Å². The van der Waals surface area contributed by atoms with Crippen LogP contribution in [-0.2, 0) is 11.8 Å². The second-order valence-electron chi connectivity index (χ2n) is 6.09. The SMILES string of the molecule is Cc1c[c]ccc1CC(C)(c1ccccc1)c1ccccc1. The zero-order valence-corrected chi connectivity index (χ0v) is 13.2. The minimum Gasteiger partial charge on any atom is -0.0622 e. The Morgan fingerprint density at radius 1 is 0.818 bits per heavy atom. The third-order valence-electron chi connectivity index (χ3n) is 4.55. The first-order chi connectivity index (χ1) is 10.7. The van der Waals surface area contributed by atoms with E-state index in [1.807, 2.05) is 6.07 Å². The Kier molecular flexibility index (Phi) is 4.11. The van der Waals surface area contributed by atoms with E-state index in [9.17, 15) is 0 Å². The number of hydrogen-bond acceptors (Lipinski definition) is 0. The maximum absolute atomic E-state index is 3.17. The quantitative estimate of drug-likeness (QED) is 0.606. The lowest BCUT2D eigenvalue weighted by Gasteiger charge is -2.32. The minimum absolute atomic E-state index is 0.0331. The van der Waals surface area contributed by atoms with Crippen molar-refractivity contribution in [3.05, 3.63) is 107 Å². The monoisotopic (exact) mass is 285 g/mol. The van der Waals surface area contributed by atoms with Gasteiger partial charge in [-0.15, -0.1) is 0 Å². The molecular weight excluding hydrogens is 264 g/mol. The normalized spacial score (nSPS) is 11.4. The summed E-state index contributed by atoms with van der Waals surface area (Å²) in [7, 11) is 0. The van der Waals surface area contributed by atoms with Gasteiger partial charge in [0.05, 0.1) is 0 Å². The van der Waals surface area contributed by atoms with Gasteiger partial charge in [-0.1, -0.05) is 85.8 Å². The molecule has 0 atom stereocenters. The maximum atomic E-state index is 3.17. The highest BCUT2D eigenvalue weighted by Gasteiger charge is 2.29. The van der Waals surface area contributed by atoms with Crippen LogP contribution in [0.2, 0.25) is 0 Å². The van der Waals surface area contributed by atoms with Gasteiger partial charge in [-0.2, -0.15) is 0 Å². The highest BCUT2D eigenvalue weighted by molar-refractivity contribution is 5.42. The topological polar surface area (TPSA) is 0 Å². The maximum Gasteiger partial charge on any atom is 0.0215 e. The fourth-order valence-electron chi connectivity index (χ4n) is 3.11. The van der Waals surface area contributed by atoms with E-state index in [0.29, 0.717) is 0 Å². The molecule has 109 valence electrons. The van der Waals surface area contributed by atoms with Crippen LogP contribution in [0.15, 0.2) is 78.9 Å². The zero-order valence-electron chi connectivity index (χ0n) is 13.2. The van der Waals surface area contributed by atoms with Crippen molar-refractivity contribution in [3.8, 4) is 0 Å². The average molecular weight is 285 g/mol. The molecule has 3 aromatic carbocycles. The summed E-state index contributed by atoms with van der Waals surface area (Å²) in [5.74, 6) is 0. The van der Waals surface area contributed by atoms with E-state index in [0.717, 1.165) is 6.42 Å². The largest absolute Gasteiger partial charge is 0.0622 e. The molecule has 22 heavy (non-hydrogen) atoms. The molecule has 1 radical (unpaired) electrons. The van der Waals surface area contributed by atoms with Crippen molar-refractivity contribution >= 4 is 0 Å². The van der Waals surface area contributed by atoms with Gasteiger partial charge in [0.15, 0.2) is 0 Å². The highest BCUT2D eigenvalue weighted by Crippen LogP contribution is 2.35. The molecule has 0 aliphatic heterocycles. The molecule has 0 saturated heterocycles. The molecule has 0 unspecified atom stereocenters. The summed E-state index contributed by atoms with van der Waals surface area (Å²) in [6.07, 6.45) is 0.988. The first-order valence-electron chi connectivity index (χ1n) is 7.77. The van der Waals surface area contributed by atoms with Gasteiger partial charge in [-0.3, -0.25) is 0 Å². The Labute approximate surface area is 133 Å². The summed E-state index contributed by atoms with van der Waals surface area (Å²) in [5.41, 5.74) is 5.37. The van der Waals surface area contributed by atoms with Crippen molar-refractivity contribution < 1.29 is 0 Å². The van der Waals surface area contributed by atoms with Gasteiger partial charge in [0.1, 0.15) is 0 Å². The Bertz CT molecular complexity index is 687. The van der Waals surface area contributed by atoms with Gasteiger partial charge in [-0.25, -0.2) is 0 Å². The van der Waals surface area contributed by atoms with Crippen LogP contribution < -0.4 is 0 Å². The summed E-state index contributed by atoms with van der Waals surface area (Å²) < 4.78 is 0. The molecule has 0 bridgehead atoms. The second-order valence-corrected chi connectivity index (χ2v) is 6.09. The second kappa shape index (κ2) is 6.19. The van der Waals surface area contributed by atoms with Crippen LogP contribution in [0.25, 0.3) is 0 Å². The van der Waals surface area contributed by atoms with Crippen LogP contribution in [0.5, 0.6) is 0 Å². The van der Waals surface area contributed by atoms with E-state index in [1.165, 1.54) is 22.3 Å². The highest BCUT2D eigenvalue weighted by atomic mass is 14.3. The fraction of sp³-hybridized carbons (Fsp3) is 0.182. The van der Waals surface area contributed by atoms with Crippen LogP contribution >= 0.6 is 0 Å². The van der Waals surface area contributed by atoms with Crippen molar-refractivity contribution in [2.75, 3.05) is 0 Å². The van der Waals surface area contributed by atoms with E-state index in [2.05, 4.69) is 92.7 Å². The molecule has 0 aliphatic carbocycles. The Balaban J connectivity index is 2.10. The molecule has 0 amide bonds. The van der Waals surface area contributed by atoms with Crippen molar-refractivity contribution in [2.45, 2.75) is 25.7 Å². The molecule has 0 fully saturated rings. The standard InChI is InChI=1S/C22H21/c1-18-11-9-10-12-19(18)17-22(2,20-13-5-3-6-14-20)21-15-7-4-8-16-21/h3-8,10-16H,17H2,1-2H3. The molecule has 3 aromatic rings. The molecule has 0 spiro atoms. The third-order valence-corrected chi connectivity index (χ3v) is 4.55. The van der Waals surface area contributed by atoms with E-state index in [1.54, 1.807) is 0 Å². The summed E-state index contributed by atoms with van der Waals surface area (Å²) in [6.45, 7) is 4.51. The van der Waals surface area contributed by atoms with Gasteiger partial charge in [0.25, 0.3) is 0 Å². The van der Waals surface area contributed by atoms with Crippen LogP contribution in [0.3, 0.4) is 0 Å². The summed E-state index contributed by atoms with van der Waals surface area (Å²) in [6, 6.07) is 31.1. The van der Waals surface area contributed by atoms with Gasteiger partial charge in [-0.05, 0) is 41.7 Å². The van der Waals surface area contributed by atoms with Gasteiger partial charge < -0.3 is 0 Å². The van der Waals surface area contributed by atoms with Crippen molar-refractivity contribution in [2.24, 2.45) is 0 Å². The minimum atomic E-state index is -0.0331. The summed E-state index contributed by atoms with van der Waals surface area (Å²) in [4.78, 5) is 0. The fourth-order valence-corrected chi connectivity index (χ4v) is 3.11. The molecular formula is C22H21. The number of rotatable bonds is 4. The van der Waals surface area contributed by atoms with Gasteiger partial charge >= 0.3 is 0 Å². The van der Waals surface area contributed by atoms with E-state index in [4.69, 9.17) is 0 Å². The van der Waals surface area contributed by atoms with Crippen LogP contribution in [0.1, 0.15) is 29.2 Å². The van der Waals surface area contributed by atoms with Crippen molar-refractivity contribution in [3.63, 3.8) is 0 Å². The Hall–Kier alpha value is -2.34. The first kappa shape index (κ1) is 14.6. The molecule has 0 nitrogen and oxygen atoms in total. The Morgan fingerprint density at radius 2 is 1.36 bits per heavy atom. The molecule has 0 heteroatoms.